The van der Waals surface area contributed by atoms with Crippen molar-refractivity contribution in [2.75, 3.05) is 11.9 Å². The standard InChI is InChI=1S/C24H25N3O2/c25-15-17-5-11-22(12-6-17)26-23(28)19-7-9-20(10-8-19)24(29)27-14-13-18-3-1-2-4-21(18)16-27/h1-6,11-12,19-20H,7-10,13-14,16H2,(H,26,28). The van der Waals surface area contributed by atoms with Crippen molar-refractivity contribution in [3.8, 4) is 6.07 Å². The zero-order valence-corrected chi connectivity index (χ0v) is 16.4. The van der Waals surface area contributed by atoms with E-state index in [1.165, 1.54) is 11.1 Å². The number of nitrogens with zero attached hydrogens (tertiary/aromatic N) is 2. The Morgan fingerprint density at radius 1 is 0.931 bits per heavy atom. The Hall–Kier alpha value is -3.13. The molecule has 2 aromatic carbocycles. The van der Waals surface area contributed by atoms with Gasteiger partial charge in [0.15, 0.2) is 0 Å². The number of amides is 2. The van der Waals surface area contributed by atoms with Crippen molar-refractivity contribution < 1.29 is 9.59 Å². The lowest BCUT2D eigenvalue weighted by molar-refractivity contribution is -0.138. The Kier molecular flexibility index (Phi) is 5.62. The lowest BCUT2D eigenvalue weighted by Gasteiger charge is -2.34. The van der Waals surface area contributed by atoms with Crippen molar-refractivity contribution in [2.45, 2.75) is 38.6 Å². The van der Waals surface area contributed by atoms with E-state index < -0.39 is 0 Å². The maximum atomic E-state index is 13.0. The van der Waals surface area contributed by atoms with Crippen molar-refractivity contribution in [1.29, 1.82) is 5.26 Å². The molecular formula is C24H25N3O2. The van der Waals surface area contributed by atoms with E-state index in [0.29, 0.717) is 17.8 Å². The number of nitriles is 1. The van der Waals surface area contributed by atoms with Crippen LogP contribution in [-0.4, -0.2) is 23.3 Å². The first kappa shape index (κ1) is 19.2. The fourth-order valence-electron chi connectivity index (χ4n) is 4.42. The summed E-state index contributed by atoms with van der Waals surface area (Å²) in [6, 6.07) is 17.3. The third kappa shape index (κ3) is 4.32. The van der Waals surface area contributed by atoms with E-state index in [-0.39, 0.29) is 23.7 Å². The normalized spacial score (nSPS) is 21.0. The van der Waals surface area contributed by atoms with Gasteiger partial charge in [-0.15, -0.1) is 0 Å². The molecule has 2 aromatic rings. The van der Waals surface area contributed by atoms with Crippen LogP contribution in [-0.2, 0) is 22.6 Å². The van der Waals surface area contributed by atoms with Crippen LogP contribution in [0.4, 0.5) is 5.69 Å². The van der Waals surface area contributed by atoms with E-state index in [1.807, 2.05) is 11.0 Å². The highest BCUT2D eigenvalue weighted by Crippen LogP contribution is 2.32. The van der Waals surface area contributed by atoms with Gasteiger partial charge in [-0.05, 0) is 67.5 Å². The van der Waals surface area contributed by atoms with Gasteiger partial charge in [-0.3, -0.25) is 9.59 Å². The molecular weight excluding hydrogens is 362 g/mol. The first-order chi connectivity index (χ1) is 14.1. The zero-order chi connectivity index (χ0) is 20.2. The maximum absolute atomic E-state index is 13.0. The van der Waals surface area contributed by atoms with E-state index in [2.05, 4.69) is 29.6 Å². The van der Waals surface area contributed by atoms with Gasteiger partial charge in [-0.25, -0.2) is 0 Å². The molecule has 0 radical (unpaired) electrons. The molecule has 0 spiro atoms. The van der Waals surface area contributed by atoms with E-state index in [1.54, 1.807) is 24.3 Å². The molecule has 0 unspecified atom stereocenters. The molecule has 1 aliphatic heterocycles. The van der Waals surface area contributed by atoms with Crippen LogP contribution >= 0.6 is 0 Å². The number of carbonyl (C=O) groups excluding carboxylic acids is 2. The molecule has 4 rings (SSSR count). The second-order valence-corrected chi connectivity index (χ2v) is 8.01. The summed E-state index contributed by atoms with van der Waals surface area (Å²) in [7, 11) is 0. The van der Waals surface area contributed by atoms with Gasteiger partial charge in [-0.2, -0.15) is 5.26 Å². The molecule has 1 N–H and O–H groups in total. The first-order valence-electron chi connectivity index (χ1n) is 10.3. The van der Waals surface area contributed by atoms with Crippen LogP contribution in [0, 0.1) is 23.2 Å². The van der Waals surface area contributed by atoms with Gasteiger partial charge in [-0.1, -0.05) is 24.3 Å². The van der Waals surface area contributed by atoms with E-state index >= 15 is 0 Å². The minimum atomic E-state index is -0.0585. The predicted molar refractivity (Wildman–Crippen MR) is 111 cm³/mol. The lowest BCUT2D eigenvalue weighted by Crippen LogP contribution is -2.41. The van der Waals surface area contributed by atoms with E-state index in [4.69, 9.17) is 5.26 Å². The fourth-order valence-corrected chi connectivity index (χ4v) is 4.42. The average Bonchev–Trinajstić information content (AvgIpc) is 2.79. The first-order valence-corrected chi connectivity index (χ1v) is 10.3. The lowest BCUT2D eigenvalue weighted by atomic mass is 9.80. The van der Waals surface area contributed by atoms with Crippen molar-refractivity contribution in [2.24, 2.45) is 11.8 Å². The van der Waals surface area contributed by atoms with Gasteiger partial charge < -0.3 is 10.2 Å². The number of anilines is 1. The minimum absolute atomic E-state index is 0.00695. The summed E-state index contributed by atoms with van der Waals surface area (Å²) in [6.45, 7) is 1.49. The molecule has 148 valence electrons. The van der Waals surface area contributed by atoms with Crippen molar-refractivity contribution in [1.82, 2.24) is 4.90 Å². The van der Waals surface area contributed by atoms with Crippen molar-refractivity contribution in [3.63, 3.8) is 0 Å². The molecule has 1 heterocycles. The number of rotatable bonds is 3. The molecule has 1 fully saturated rings. The summed E-state index contributed by atoms with van der Waals surface area (Å²) in [4.78, 5) is 27.5. The van der Waals surface area contributed by atoms with Crippen LogP contribution in [0.3, 0.4) is 0 Å². The summed E-state index contributed by atoms with van der Waals surface area (Å²) in [5.41, 5.74) is 3.88. The van der Waals surface area contributed by atoms with Gasteiger partial charge >= 0.3 is 0 Å². The highest BCUT2D eigenvalue weighted by atomic mass is 16.2. The summed E-state index contributed by atoms with van der Waals surface area (Å²) >= 11 is 0. The number of hydrogen-bond donors (Lipinski definition) is 1. The summed E-state index contributed by atoms with van der Waals surface area (Å²) in [5.74, 6) is 0.217. The molecule has 2 amide bonds. The molecule has 0 bridgehead atoms. The van der Waals surface area contributed by atoms with Crippen LogP contribution in [0.15, 0.2) is 48.5 Å². The van der Waals surface area contributed by atoms with Crippen LogP contribution < -0.4 is 5.32 Å². The summed E-state index contributed by atoms with van der Waals surface area (Å²) < 4.78 is 0. The number of nitrogens with one attached hydrogen (secondary N) is 1. The van der Waals surface area contributed by atoms with Crippen molar-refractivity contribution in [3.05, 3.63) is 65.2 Å². The maximum Gasteiger partial charge on any atom is 0.227 e. The van der Waals surface area contributed by atoms with Gasteiger partial charge in [0.25, 0.3) is 0 Å². The van der Waals surface area contributed by atoms with Crippen LogP contribution in [0.2, 0.25) is 0 Å². The quantitative estimate of drug-likeness (QED) is 0.868. The van der Waals surface area contributed by atoms with E-state index in [9.17, 15) is 9.59 Å². The number of fused-ring (bicyclic) bond motifs is 1. The predicted octanol–water partition coefficient (Wildman–Crippen LogP) is 3.89. The third-order valence-electron chi connectivity index (χ3n) is 6.17. The Labute approximate surface area is 171 Å². The molecule has 29 heavy (non-hydrogen) atoms. The van der Waals surface area contributed by atoms with Crippen molar-refractivity contribution >= 4 is 17.5 Å². The van der Waals surface area contributed by atoms with Gasteiger partial charge in [0.2, 0.25) is 11.8 Å². The Balaban J connectivity index is 1.29. The van der Waals surface area contributed by atoms with Crippen LogP contribution in [0.5, 0.6) is 0 Å². The van der Waals surface area contributed by atoms with Gasteiger partial charge in [0.1, 0.15) is 0 Å². The van der Waals surface area contributed by atoms with Crippen LogP contribution in [0.25, 0.3) is 0 Å². The largest absolute Gasteiger partial charge is 0.338 e. The molecule has 0 saturated heterocycles. The molecule has 5 nitrogen and oxygen atoms in total. The highest BCUT2D eigenvalue weighted by Gasteiger charge is 2.33. The summed E-state index contributed by atoms with van der Waals surface area (Å²) in [6.07, 6.45) is 3.93. The Bertz CT molecular complexity index is 937. The molecule has 0 aromatic heterocycles. The monoisotopic (exact) mass is 387 g/mol. The molecule has 1 saturated carbocycles. The zero-order valence-electron chi connectivity index (χ0n) is 16.4. The SMILES string of the molecule is N#Cc1ccc(NC(=O)C2CCC(C(=O)N3CCc4ccccc4C3)CC2)cc1. The Morgan fingerprint density at radius 2 is 1.59 bits per heavy atom. The minimum Gasteiger partial charge on any atom is -0.338 e. The smallest absolute Gasteiger partial charge is 0.227 e. The summed E-state index contributed by atoms with van der Waals surface area (Å²) in [5, 5.41) is 11.8. The number of benzene rings is 2. The van der Waals surface area contributed by atoms with E-state index in [0.717, 1.165) is 38.6 Å². The Morgan fingerprint density at radius 3 is 2.28 bits per heavy atom. The topological polar surface area (TPSA) is 73.2 Å². The number of hydrogen-bond acceptors (Lipinski definition) is 3. The third-order valence-corrected chi connectivity index (χ3v) is 6.17. The average molecular weight is 387 g/mol. The molecule has 2 aliphatic rings. The van der Waals surface area contributed by atoms with Crippen LogP contribution in [0.1, 0.15) is 42.4 Å². The molecule has 1 aliphatic carbocycles. The second-order valence-electron chi connectivity index (χ2n) is 8.01. The second kappa shape index (κ2) is 8.48. The highest BCUT2D eigenvalue weighted by molar-refractivity contribution is 5.92. The number of carbonyl (C=O) groups is 2. The molecule has 0 atom stereocenters. The van der Waals surface area contributed by atoms with Gasteiger partial charge in [0.05, 0.1) is 11.6 Å². The van der Waals surface area contributed by atoms with Gasteiger partial charge in [0, 0.05) is 30.6 Å². The molecule has 5 heteroatoms. The fraction of sp³-hybridized carbons (Fsp3) is 0.375.